The Kier molecular flexibility index (Phi) is 7.27. The normalized spacial score (nSPS) is 15.6. The Morgan fingerprint density at radius 3 is 1.90 bits per heavy atom. The number of rotatable bonds is 6. The quantitative estimate of drug-likeness (QED) is 0.320. The van der Waals surface area contributed by atoms with E-state index >= 15 is 0 Å². The van der Waals surface area contributed by atoms with Gasteiger partial charge in [-0.1, -0.05) is 72.8 Å². The molecule has 2 N–H and O–H groups in total. The van der Waals surface area contributed by atoms with E-state index in [1.54, 1.807) is 0 Å². The van der Waals surface area contributed by atoms with Gasteiger partial charge < -0.3 is 25.3 Å². The van der Waals surface area contributed by atoms with E-state index in [1.165, 1.54) is 22.4 Å². The number of fused-ring (bicyclic) bond motifs is 1. The highest BCUT2D eigenvalue weighted by Gasteiger charge is 2.24. The molecule has 1 atom stereocenters. The van der Waals surface area contributed by atoms with Crippen molar-refractivity contribution in [1.29, 1.82) is 0 Å². The second-order valence-electron chi connectivity index (χ2n) is 10.1. The summed E-state index contributed by atoms with van der Waals surface area (Å²) < 4.78 is 0. The van der Waals surface area contributed by atoms with Crippen molar-refractivity contribution in [3.8, 4) is 0 Å². The molecule has 1 aromatic heterocycles. The van der Waals surface area contributed by atoms with Crippen molar-refractivity contribution in [2.75, 3.05) is 46.2 Å². The minimum Gasteiger partial charge on any atom is -0.368 e. The van der Waals surface area contributed by atoms with E-state index in [-0.39, 0.29) is 6.04 Å². The molecule has 0 spiro atoms. The maximum absolute atomic E-state index is 5.68. The number of hydrogen-bond acceptors (Lipinski definition) is 6. The van der Waals surface area contributed by atoms with Crippen molar-refractivity contribution in [2.45, 2.75) is 26.1 Å². The number of nitrogens with one attached hydrogen (secondary N) is 2. The summed E-state index contributed by atoms with van der Waals surface area (Å²) in [7, 11) is 0. The summed E-state index contributed by atoms with van der Waals surface area (Å²) in [6.07, 6.45) is 0. The molecule has 2 aliphatic heterocycles. The predicted molar refractivity (Wildman–Crippen MR) is 163 cm³/mol. The summed E-state index contributed by atoms with van der Waals surface area (Å²) in [6, 6.07) is 31.7. The third kappa shape index (κ3) is 5.81. The molecule has 198 valence electrons. The van der Waals surface area contributed by atoms with Crippen molar-refractivity contribution >= 4 is 40.6 Å². The highest BCUT2D eigenvalue weighted by Crippen LogP contribution is 2.30. The van der Waals surface area contributed by atoms with Crippen molar-refractivity contribution in [3.63, 3.8) is 0 Å². The van der Waals surface area contributed by atoms with E-state index in [0.717, 1.165) is 50.9 Å². The van der Waals surface area contributed by atoms with Crippen LogP contribution in [-0.2, 0) is 13.1 Å². The number of benzene rings is 3. The Bertz CT molecular complexity index is 1400. The van der Waals surface area contributed by atoms with Crippen LogP contribution < -0.4 is 25.3 Å². The summed E-state index contributed by atoms with van der Waals surface area (Å²) in [6.45, 7) is 7.42. The zero-order chi connectivity index (χ0) is 26.6. The predicted octanol–water partition coefficient (Wildman–Crippen LogP) is 5.37. The molecule has 39 heavy (non-hydrogen) atoms. The first-order valence-electron chi connectivity index (χ1n) is 13.5. The largest absolute Gasteiger partial charge is 0.368 e. The second kappa shape index (κ2) is 11.3. The number of aromatic nitrogens is 2. The van der Waals surface area contributed by atoms with Crippen LogP contribution in [0.4, 0.5) is 23.3 Å². The number of piperazine rings is 1. The molecular formula is C31H33N7S. The number of hydrogen-bond donors (Lipinski definition) is 2. The molecule has 0 radical (unpaired) electrons. The van der Waals surface area contributed by atoms with Crippen molar-refractivity contribution in [1.82, 2.24) is 15.3 Å². The van der Waals surface area contributed by atoms with Gasteiger partial charge in [0, 0.05) is 51.0 Å². The van der Waals surface area contributed by atoms with Gasteiger partial charge in [-0.15, -0.1) is 0 Å². The summed E-state index contributed by atoms with van der Waals surface area (Å²) in [5.41, 5.74) is 5.12. The van der Waals surface area contributed by atoms with Crippen molar-refractivity contribution in [2.24, 2.45) is 0 Å². The topological polar surface area (TPSA) is 59.6 Å². The van der Waals surface area contributed by atoms with Gasteiger partial charge in [-0.3, -0.25) is 0 Å². The van der Waals surface area contributed by atoms with Crippen LogP contribution in [-0.4, -0.2) is 41.3 Å². The number of anilines is 4. The third-order valence-corrected chi connectivity index (χ3v) is 7.68. The molecule has 3 heterocycles. The van der Waals surface area contributed by atoms with Gasteiger partial charge in [-0.05, 0) is 48.0 Å². The van der Waals surface area contributed by atoms with Crippen LogP contribution in [0.1, 0.15) is 29.7 Å². The number of thiocarbonyl (C=S) groups is 1. The van der Waals surface area contributed by atoms with Crippen LogP contribution >= 0.6 is 12.2 Å². The molecule has 0 amide bonds. The van der Waals surface area contributed by atoms with Gasteiger partial charge in [0.05, 0.1) is 6.04 Å². The monoisotopic (exact) mass is 535 g/mol. The molecule has 4 aromatic rings. The van der Waals surface area contributed by atoms with Crippen molar-refractivity contribution in [3.05, 3.63) is 108 Å². The maximum atomic E-state index is 5.68. The first kappa shape index (κ1) is 25.1. The van der Waals surface area contributed by atoms with Gasteiger partial charge in [0.25, 0.3) is 0 Å². The molecule has 7 nitrogen and oxygen atoms in total. The Morgan fingerprint density at radius 2 is 1.26 bits per heavy atom. The molecule has 6 rings (SSSR count). The first-order valence-corrected chi connectivity index (χ1v) is 13.9. The highest BCUT2D eigenvalue weighted by atomic mass is 32.1. The van der Waals surface area contributed by atoms with Crippen LogP contribution in [0, 0.1) is 0 Å². The minimum atomic E-state index is 0.0630. The molecule has 3 aromatic carbocycles. The zero-order valence-corrected chi connectivity index (χ0v) is 22.9. The average Bonchev–Trinajstić information content (AvgIpc) is 3.43. The van der Waals surface area contributed by atoms with Crippen LogP contribution in [0.5, 0.6) is 0 Å². The van der Waals surface area contributed by atoms with Gasteiger partial charge in [0.1, 0.15) is 11.6 Å². The zero-order valence-electron chi connectivity index (χ0n) is 22.1. The first-order chi connectivity index (χ1) is 19.1. The van der Waals surface area contributed by atoms with Crippen LogP contribution in [0.25, 0.3) is 0 Å². The lowest BCUT2D eigenvalue weighted by atomic mass is 10.1. The van der Waals surface area contributed by atoms with Crippen LogP contribution in [0.3, 0.4) is 0 Å². The Morgan fingerprint density at radius 1 is 0.718 bits per heavy atom. The molecule has 1 unspecified atom stereocenters. The standard InChI is InChI=1S/C31H33N7S/c1-23(24-10-4-2-5-11-24)32-31(39)35-30-33-28(37-18-16-36(17-19-37)27-14-6-3-7-15-27)20-29(34-30)38-21-25-12-8-9-13-26(25)22-38/h2-15,20,23H,16-19,21-22H2,1H3,(H2,32,33,34,35,39). The fraction of sp³-hybridized carbons (Fsp3) is 0.258. The SMILES string of the molecule is CC(NC(=S)Nc1nc(N2CCN(c3ccccc3)CC2)cc(N2Cc3ccccc3C2)n1)c1ccccc1. The Labute approximate surface area is 235 Å². The van der Waals surface area contributed by atoms with Crippen LogP contribution in [0.2, 0.25) is 0 Å². The van der Waals surface area contributed by atoms with Crippen LogP contribution in [0.15, 0.2) is 91.0 Å². The Hall–Kier alpha value is -4.17. The second-order valence-corrected chi connectivity index (χ2v) is 10.5. The molecule has 1 fully saturated rings. The molecule has 0 aliphatic carbocycles. The van der Waals surface area contributed by atoms with Gasteiger partial charge >= 0.3 is 0 Å². The van der Waals surface area contributed by atoms with Crippen molar-refractivity contribution < 1.29 is 0 Å². The third-order valence-electron chi connectivity index (χ3n) is 7.46. The van der Waals surface area contributed by atoms with E-state index in [4.69, 9.17) is 22.2 Å². The fourth-order valence-corrected chi connectivity index (χ4v) is 5.56. The molecule has 0 bridgehead atoms. The average molecular weight is 536 g/mol. The van der Waals surface area contributed by atoms with Gasteiger partial charge in [-0.2, -0.15) is 9.97 Å². The molecule has 8 heteroatoms. The minimum absolute atomic E-state index is 0.0630. The molecule has 0 saturated carbocycles. The highest BCUT2D eigenvalue weighted by molar-refractivity contribution is 7.80. The van der Waals surface area contributed by atoms with E-state index < -0.39 is 0 Å². The summed E-state index contributed by atoms with van der Waals surface area (Å²) >= 11 is 5.68. The lowest BCUT2D eigenvalue weighted by Crippen LogP contribution is -2.47. The van der Waals surface area contributed by atoms with E-state index in [9.17, 15) is 0 Å². The number of para-hydroxylation sites is 1. The van der Waals surface area contributed by atoms with Gasteiger partial charge in [0.15, 0.2) is 5.11 Å². The molecule has 2 aliphatic rings. The van der Waals surface area contributed by atoms with Gasteiger partial charge in [-0.25, -0.2) is 0 Å². The lowest BCUT2D eigenvalue weighted by molar-refractivity contribution is 0.646. The fourth-order valence-electron chi connectivity index (χ4n) is 5.29. The lowest BCUT2D eigenvalue weighted by Gasteiger charge is -2.37. The van der Waals surface area contributed by atoms with E-state index in [1.807, 2.05) is 18.2 Å². The number of nitrogens with zero attached hydrogens (tertiary/aromatic N) is 5. The summed E-state index contributed by atoms with van der Waals surface area (Å²) in [5, 5.41) is 7.16. The Balaban J connectivity index is 1.21. The smallest absolute Gasteiger partial charge is 0.232 e. The van der Waals surface area contributed by atoms with E-state index in [2.05, 4.69) is 105 Å². The maximum Gasteiger partial charge on any atom is 0.232 e. The summed E-state index contributed by atoms with van der Waals surface area (Å²) in [5.74, 6) is 2.34. The van der Waals surface area contributed by atoms with E-state index in [0.29, 0.717) is 11.1 Å². The summed E-state index contributed by atoms with van der Waals surface area (Å²) in [4.78, 5) is 16.9. The molecular weight excluding hydrogens is 502 g/mol. The van der Waals surface area contributed by atoms with Gasteiger partial charge in [0.2, 0.25) is 5.95 Å². The molecule has 1 saturated heterocycles.